The Morgan fingerprint density at radius 2 is 1.20 bits per heavy atom. The highest BCUT2D eigenvalue weighted by molar-refractivity contribution is 7.77. The highest BCUT2D eigenvalue weighted by Crippen LogP contribution is 2.64. The van der Waals surface area contributed by atoms with Crippen LogP contribution in [0.5, 0.6) is 0 Å². The van der Waals surface area contributed by atoms with Crippen molar-refractivity contribution in [1.82, 2.24) is 5.09 Å². The van der Waals surface area contributed by atoms with E-state index in [1.165, 1.54) is 41.8 Å². The van der Waals surface area contributed by atoms with Crippen molar-refractivity contribution in [3.8, 4) is 0 Å². The molecule has 35 heavy (non-hydrogen) atoms. The lowest BCUT2D eigenvalue weighted by Crippen LogP contribution is -2.32. The molecule has 0 radical (unpaired) electrons. The van der Waals surface area contributed by atoms with Gasteiger partial charge in [-0.25, -0.2) is 5.09 Å². The minimum absolute atomic E-state index is 0.0183. The zero-order chi connectivity index (χ0) is 25.7. The number of alkyl halides is 6. The van der Waals surface area contributed by atoms with Gasteiger partial charge in [0, 0.05) is 15.5 Å². The van der Waals surface area contributed by atoms with E-state index in [1.807, 2.05) is 0 Å². The lowest BCUT2D eigenvalue weighted by molar-refractivity contribution is -0.165. The van der Waals surface area contributed by atoms with Crippen LogP contribution < -0.4 is 15.7 Å². The van der Waals surface area contributed by atoms with E-state index in [-0.39, 0.29) is 15.5 Å². The van der Waals surface area contributed by atoms with E-state index in [9.17, 15) is 35.5 Å². The highest BCUT2D eigenvalue weighted by Gasteiger charge is 2.47. The maximum Gasteiger partial charge on any atom is 0.412 e. The molecule has 0 spiro atoms. The largest absolute Gasteiger partial charge is 0.412 e. The average molecular weight is 557 g/mol. The fourth-order valence-electron chi connectivity index (χ4n) is 3.00. The summed E-state index contributed by atoms with van der Waals surface area (Å²) in [7, 11) is -9.25. The first kappa shape index (κ1) is 27.6. The fourth-order valence-corrected chi connectivity index (χ4v) is 9.05. The summed E-state index contributed by atoms with van der Waals surface area (Å²) in [6, 6.07) is 18.2. The number of nitrogens with one attached hydrogen (secondary N) is 1. The third-order valence-corrected chi connectivity index (χ3v) is 10.5. The second-order valence-corrected chi connectivity index (χ2v) is 12.7. The standard InChI is InChI=1S/C21H19F6NO4P2S/c22-20(23,24)14-31-34(30,32-15-21(25,26)27)19(18-12-7-13-35-18)28-33(29,16-8-3-1-4-9-16)17-10-5-2-6-11-17/h1-13,19H,14-15H2,(H,28,29)/t19-/m0/s1. The Labute approximate surface area is 201 Å². The van der Waals surface area contributed by atoms with Gasteiger partial charge in [0.2, 0.25) is 7.29 Å². The second-order valence-electron chi connectivity index (χ2n) is 7.14. The van der Waals surface area contributed by atoms with Gasteiger partial charge >= 0.3 is 19.9 Å². The van der Waals surface area contributed by atoms with Gasteiger partial charge in [-0.05, 0) is 35.7 Å². The van der Waals surface area contributed by atoms with E-state index < -0.39 is 46.2 Å². The van der Waals surface area contributed by atoms with Crippen LogP contribution in [-0.2, 0) is 18.2 Å². The highest BCUT2D eigenvalue weighted by atomic mass is 32.1. The molecule has 0 aliphatic rings. The van der Waals surface area contributed by atoms with Gasteiger partial charge in [0.1, 0.15) is 0 Å². The Bertz CT molecular complexity index is 1110. The van der Waals surface area contributed by atoms with Crippen molar-refractivity contribution in [1.29, 1.82) is 0 Å². The van der Waals surface area contributed by atoms with Crippen LogP contribution >= 0.6 is 26.2 Å². The van der Waals surface area contributed by atoms with Crippen molar-refractivity contribution in [2.45, 2.75) is 18.1 Å². The van der Waals surface area contributed by atoms with Crippen molar-refractivity contribution in [2.24, 2.45) is 0 Å². The maximum atomic E-state index is 14.4. The Hall–Kier alpha value is -1.94. The summed E-state index contributed by atoms with van der Waals surface area (Å²) in [5.74, 6) is -1.90. The Morgan fingerprint density at radius 1 is 0.743 bits per heavy atom. The van der Waals surface area contributed by atoms with Crippen LogP contribution in [0.1, 0.15) is 10.7 Å². The minimum Gasteiger partial charge on any atom is -0.298 e. The SMILES string of the molecule is O=P(N[C@H](c1cccs1)P(=O)(OCC(F)(F)F)OCC(F)(F)F)(c1ccccc1)c1ccccc1. The maximum absolute atomic E-state index is 14.4. The first-order valence-corrected chi connectivity index (χ1v) is 14.1. The Balaban J connectivity index is 2.13. The van der Waals surface area contributed by atoms with Crippen molar-refractivity contribution in [2.75, 3.05) is 13.2 Å². The topological polar surface area (TPSA) is 64.6 Å². The van der Waals surface area contributed by atoms with Gasteiger partial charge in [0.05, 0.1) is 0 Å². The zero-order valence-electron chi connectivity index (χ0n) is 17.7. The lowest BCUT2D eigenvalue weighted by atomic mass is 10.4. The van der Waals surface area contributed by atoms with Crippen LogP contribution in [0.4, 0.5) is 26.3 Å². The number of thiophene rings is 1. The van der Waals surface area contributed by atoms with Gasteiger partial charge in [-0.3, -0.25) is 18.2 Å². The first-order chi connectivity index (χ1) is 16.3. The number of hydrogen-bond acceptors (Lipinski definition) is 5. The van der Waals surface area contributed by atoms with E-state index in [1.54, 1.807) is 36.4 Å². The minimum atomic E-state index is -5.26. The molecule has 3 aromatic rings. The van der Waals surface area contributed by atoms with E-state index in [4.69, 9.17) is 0 Å². The van der Waals surface area contributed by atoms with Crippen LogP contribution in [0.15, 0.2) is 78.2 Å². The van der Waals surface area contributed by atoms with Crippen molar-refractivity contribution >= 4 is 36.8 Å². The lowest BCUT2D eigenvalue weighted by Gasteiger charge is -2.31. The summed E-state index contributed by atoms with van der Waals surface area (Å²) in [6.45, 7) is -4.26. The van der Waals surface area contributed by atoms with Crippen molar-refractivity contribution in [3.63, 3.8) is 0 Å². The first-order valence-electron chi connectivity index (χ1n) is 9.87. The normalized spacial score (nSPS) is 14.1. The molecule has 0 saturated heterocycles. The summed E-state index contributed by atoms with van der Waals surface area (Å²) < 4.78 is 115. The summed E-state index contributed by atoms with van der Waals surface area (Å²) in [5.41, 5.74) is 0. The Kier molecular flexibility index (Phi) is 8.68. The van der Waals surface area contributed by atoms with Crippen LogP contribution in [0.2, 0.25) is 0 Å². The molecule has 0 unspecified atom stereocenters. The van der Waals surface area contributed by atoms with E-state index >= 15 is 0 Å². The van der Waals surface area contributed by atoms with Crippen LogP contribution in [-0.4, -0.2) is 25.6 Å². The molecule has 2 aromatic carbocycles. The smallest absolute Gasteiger partial charge is 0.298 e. The van der Waals surface area contributed by atoms with E-state index in [2.05, 4.69) is 14.1 Å². The molecule has 3 rings (SSSR count). The van der Waals surface area contributed by atoms with Crippen molar-refractivity contribution in [3.05, 3.63) is 83.1 Å². The molecule has 5 nitrogen and oxygen atoms in total. The van der Waals surface area contributed by atoms with Crippen molar-refractivity contribution < 1.29 is 44.5 Å². The monoisotopic (exact) mass is 557 g/mol. The van der Waals surface area contributed by atoms with Crippen LogP contribution in [0.25, 0.3) is 0 Å². The molecule has 0 bridgehead atoms. The molecule has 0 aliphatic carbocycles. The van der Waals surface area contributed by atoms with Crippen LogP contribution in [0, 0.1) is 0 Å². The third kappa shape index (κ3) is 7.52. The third-order valence-electron chi connectivity index (χ3n) is 4.49. The van der Waals surface area contributed by atoms with Gasteiger partial charge < -0.3 is 0 Å². The van der Waals surface area contributed by atoms with Gasteiger partial charge in [-0.1, -0.05) is 42.5 Å². The van der Waals surface area contributed by atoms with Gasteiger partial charge in [-0.15, -0.1) is 11.3 Å². The molecular weight excluding hydrogens is 538 g/mol. The zero-order valence-corrected chi connectivity index (χ0v) is 20.3. The number of halogens is 6. The molecule has 1 aromatic heterocycles. The molecule has 1 atom stereocenters. The predicted molar refractivity (Wildman–Crippen MR) is 122 cm³/mol. The summed E-state index contributed by atoms with van der Waals surface area (Å²) in [4.78, 5) is 0.0183. The summed E-state index contributed by atoms with van der Waals surface area (Å²) >= 11 is 0.877. The van der Waals surface area contributed by atoms with E-state index in [0.29, 0.717) is 0 Å². The number of hydrogen-bond donors (Lipinski definition) is 1. The van der Waals surface area contributed by atoms with E-state index in [0.717, 1.165) is 11.3 Å². The molecule has 1 heterocycles. The molecule has 0 aliphatic heterocycles. The number of benzene rings is 2. The molecule has 1 N–H and O–H groups in total. The second kappa shape index (κ2) is 11.0. The molecule has 0 fully saturated rings. The van der Waals surface area contributed by atoms with Gasteiger partial charge in [-0.2, -0.15) is 26.3 Å². The quantitative estimate of drug-likeness (QED) is 0.224. The Morgan fingerprint density at radius 3 is 1.57 bits per heavy atom. The summed E-state index contributed by atoms with van der Waals surface area (Å²) in [6.07, 6.45) is -10.0. The molecule has 0 saturated carbocycles. The fraction of sp³-hybridized carbons (Fsp3) is 0.238. The van der Waals surface area contributed by atoms with Gasteiger partial charge in [0.15, 0.2) is 19.0 Å². The molecular formula is C21H19F6NO4P2S. The molecule has 14 heteroatoms. The summed E-state index contributed by atoms with van der Waals surface area (Å²) in [5, 5.41) is 4.44. The molecule has 190 valence electrons. The predicted octanol–water partition coefficient (Wildman–Crippen LogP) is 6.62. The van der Waals surface area contributed by atoms with Crippen LogP contribution in [0.3, 0.4) is 0 Å². The number of rotatable bonds is 10. The average Bonchev–Trinajstić information content (AvgIpc) is 3.35. The van der Waals surface area contributed by atoms with Gasteiger partial charge in [0.25, 0.3) is 0 Å². The molecule has 0 amide bonds.